The van der Waals surface area contributed by atoms with Crippen molar-refractivity contribution in [2.75, 3.05) is 13.1 Å². The first kappa shape index (κ1) is 15.1. The number of hydrogen-bond donors (Lipinski definition) is 0. The van der Waals surface area contributed by atoms with Crippen LogP contribution in [0.2, 0.25) is 0 Å². The molecule has 0 aromatic carbocycles. The minimum Gasteiger partial charge on any atom is -0.471 e. The third-order valence-corrected chi connectivity index (χ3v) is 4.65. The Morgan fingerprint density at radius 1 is 1.29 bits per heavy atom. The summed E-state index contributed by atoms with van der Waals surface area (Å²) in [6, 6.07) is 3.67. The Morgan fingerprint density at radius 2 is 2.17 bits per heavy atom. The fourth-order valence-electron chi connectivity index (χ4n) is 3.33. The lowest BCUT2D eigenvalue weighted by molar-refractivity contribution is 0.0759. The summed E-state index contributed by atoms with van der Waals surface area (Å²) >= 11 is 0. The van der Waals surface area contributed by atoms with Crippen LogP contribution in [0.15, 0.2) is 16.7 Å². The lowest BCUT2D eigenvalue weighted by atomic mass is 9.96. The Bertz CT molecular complexity index is 741. The van der Waals surface area contributed by atoms with Gasteiger partial charge in [0.25, 0.3) is 5.91 Å². The molecule has 7 nitrogen and oxygen atoms in total. The molecule has 1 fully saturated rings. The van der Waals surface area contributed by atoms with Crippen molar-refractivity contribution in [2.24, 2.45) is 0 Å². The number of rotatable bonds is 3. The zero-order valence-corrected chi connectivity index (χ0v) is 13.7. The van der Waals surface area contributed by atoms with Crippen LogP contribution in [-0.4, -0.2) is 45.4 Å². The van der Waals surface area contributed by atoms with Gasteiger partial charge in [0.05, 0.1) is 12.2 Å². The number of fused-ring (bicyclic) bond motifs is 1. The van der Waals surface area contributed by atoms with E-state index in [-0.39, 0.29) is 12.0 Å². The first-order valence-electron chi connectivity index (χ1n) is 8.44. The van der Waals surface area contributed by atoms with Gasteiger partial charge in [0, 0.05) is 31.0 Å². The van der Waals surface area contributed by atoms with Gasteiger partial charge in [-0.15, -0.1) is 5.10 Å². The molecule has 24 heavy (non-hydrogen) atoms. The van der Waals surface area contributed by atoms with Gasteiger partial charge in [0.15, 0.2) is 5.69 Å². The Morgan fingerprint density at radius 3 is 3.00 bits per heavy atom. The highest BCUT2D eigenvalue weighted by atomic mass is 16.5. The summed E-state index contributed by atoms with van der Waals surface area (Å²) in [5, 5.41) is 12.0. The average molecular weight is 328 g/mol. The minimum absolute atomic E-state index is 0.0528. The Labute approximate surface area is 140 Å². The number of ether oxygens (including phenoxy) is 1. The van der Waals surface area contributed by atoms with E-state index in [0.29, 0.717) is 24.7 Å². The van der Waals surface area contributed by atoms with Crippen molar-refractivity contribution in [3.8, 4) is 5.88 Å². The van der Waals surface area contributed by atoms with Crippen LogP contribution in [0, 0.1) is 6.92 Å². The van der Waals surface area contributed by atoms with Crippen LogP contribution in [0.3, 0.4) is 0 Å². The Kier molecular flexibility index (Phi) is 3.92. The fraction of sp³-hybridized carbons (Fsp3) is 0.529. The van der Waals surface area contributed by atoms with E-state index in [1.54, 1.807) is 11.0 Å². The molecule has 1 aliphatic heterocycles. The molecule has 1 aliphatic carbocycles. The largest absolute Gasteiger partial charge is 0.471 e. The normalized spacial score (nSPS) is 20.0. The van der Waals surface area contributed by atoms with Crippen LogP contribution >= 0.6 is 0 Å². The van der Waals surface area contributed by atoms with Crippen molar-refractivity contribution in [3.63, 3.8) is 0 Å². The van der Waals surface area contributed by atoms with E-state index in [4.69, 9.17) is 9.26 Å². The van der Waals surface area contributed by atoms with E-state index in [9.17, 15) is 4.79 Å². The first-order valence-corrected chi connectivity index (χ1v) is 8.44. The second-order valence-corrected chi connectivity index (χ2v) is 6.43. The molecular formula is C17H20N4O3. The lowest BCUT2D eigenvalue weighted by Gasteiger charge is -2.17. The van der Waals surface area contributed by atoms with E-state index >= 15 is 0 Å². The number of aromatic nitrogens is 3. The van der Waals surface area contributed by atoms with Crippen LogP contribution in [0.1, 0.15) is 46.8 Å². The van der Waals surface area contributed by atoms with Gasteiger partial charge in [-0.3, -0.25) is 4.79 Å². The van der Waals surface area contributed by atoms with Gasteiger partial charge in [-0.25, -0.2) is 0 Å². The maximum atomic E-state index is 12.7. The molecule has 0 spiro atoms. The molecule has 2 aromatic heterocycles. The van der Waals surface area contributed by atoms with Gasteiger partial charge >= 0.3 is 0 Å². The van der Waals surface area contributed by atoms with Crippen molar-refractivity contribution < 1.29 is 14.1 Å². The minimum atomic E-state index is -0.0614. The highest BCUT2D eigenvalue weighted by Gasteiger charge is 2.33. The number of aryl methyl sites for hydroxylation is 2. The zero-order valence-electron chi connectivity index (χ0n) is 13.7. The summed E-state index contributed by atoms with van der Waals surface area (Å²) in [6.07, 6.45) is 4.68. The molecule has 0 bridgehead atoms. The number of nitrogens with zero attached hydrogens (tertiary/aromatic N) is 4. The van der Waals surface area contributed by atoms with Crippen molar-refractivity contribution in [3.05, 3.63) is 34.8 Å². The second kappa shape index (κ2) is 6.22. The molecular weight excluding hydrogens is 308 g/mol. The van der Waals surface area contributed by atoms with Crippen LogP contribution in [0.5, 0.6) is 5.88 Å². The van der Waals surface area contributed by atoms with Crippen molar-refractivity contribution in [2.45, 2.75) is 45.1 Å². The van der Waals surface area contributed by atoms with Crippen LogP contribution in [-0.2, 0) is 12.8 Å². The van der Waals surface area contributed by atoms with Crippen LogP contribution < -0.4 is 4.74 Å². The highest BCUT2D eigenvalue weighted by Crippen LogP contribution is 2.26. The fourth-order valence-corrected chi connectivity index (χ4v) is 3.33. The van der Waals surface area contributed by atoms with Crippen LogP contribution in [0.4, 0.5) is 0 Å². The predicted molar refractivity (Wildman–Crippen MR) is 84.9 cm³/mol. The average Bonchev–Trinajstić information content (AvgIpc) is 3.23. The molecule has 1 saturated heterocycles. The molecule has 4 rings (SSSR count). The topological polar surface area (TPSA) is 81.4 Å². The van der Waals surface area contributed by atoms with Gasteiger partial charge < -0.3 is 14.2 Å². The predicted octanol–water partition coefficient (Wildman–Crippen LogP) is 1.95. The molecule has 7 heteroatoms. The molecule has 3 heterocycles. The summed E-state index contributed by atoms with van der Waals surface area (Å²) in [6.45, 7) is 3.08. The molecule has 0 N–H and O–H groups in total. The van der Waals surface area contributed by atoms with Gasteiger partial charge in [-0.05, 0) is 32.3 Å². The molecule has 0 radical (unpaired) electrons. The maximum Gasteiger partial charge on any atom is 0.276 e. The molecule has 1 unspecified atom stereocenters. The zero-order chi connectivity index (χ0) is 16.5. The maximum absolute atomic E-state index is 12.7. The van der Waals surface area contributed by atoms with E-state index < -0.39 is 0 Å². The lowest BCUT2D eigenvalue weighted by Crippen LogP contribution is -2.32. The van der Waals surface area contributed by atoms with E-state index in [1.165, 1.54) is 0 Å². The summed E-state index contributed by atoms with van der Waals surface area (Å²) in [4.78, 5) is 14.5. The third kappa shape index (κ3) is 2.86. The molecule has 2 aliphatic rings. The third-order valence-electron chi connectivity index (χ3n) is 4.65. The Hall–Kier alpha value is -2.44. The van der Waals surface area contributed by atoms with E-state index in [2.05, 4.69) is 15.4 Å². The van der Waals surface area contributed by atoms with E-state index in [0.717, 1.165) is 49.1 Å². The smallest absolute Gasteiger partial charge is 0.276 e. The van der Waals surface area contributed by atoms with Gasteiger partial charge in [0.1, 0.15) is 11.9 Å². The summed E-state index contributed by atoms with van der Waals surface area (Å²) in [5.41, 5.74) is 2.34. The Balaban J connectivity index is 1.42. The molecule has 1 amide bonds. The number of likely N-dealkylation sites (tertiary alicyclic amines) is 1. The monoisotopic (exact) mass is 328 g/mol. The van der Waals surface area contributed by atoms with Gasteiger partial charge in [-0.1, -0.05) is 5.16 Å². The summed E-state index contributed by atoms with van der Waals surface area (Å²) < 4.78 is 11.2. The van der Waals surface area contributed by atoms with Crippen molar-refractivity contribution in [1.29, 1.82) is 0 Å². The SMILES string of the molecule is Cc1ccc(OC2CCN(C(=O)c3noc4c3CCCC4)C2)nn1. The molecule has 0 saturated carbocycles. The van der Waals surface area contributed by atoms with Gasteiger partial charge in [-0.2, -0.15) is 5.10 Å². The van der Waals surface area contributed by atoms with E-state index in [1.807, 2.05) is 13.0 Å². The standard InChI is InChI=1S/C17H20N4O3/c1-11-6-7-15(19-18-11)23-12-8-9-21(10-12)17(22)16-13-4-2-3-5-14(13)24-20-16/h6-7,12H,2-5,8-10H2,1H3. The van der Waals surface area contributed by atoms with Crippen LogP contribution in [0.25, 0.3) is 0 Å². The number of carbonyl (C=O) groups is 1. The van der Waals surface area contributed by atoms with Crippen molar-refractivity contribution in [1.82, 2.24) is 20.3 Å². The summed E-state index contributed by atoms with van der Waals surface area (Å²) in [7, 11) is 0. The number of hydrogen-bond acceptors (Lipinski definition) is 6. The first-order chi connectivity index (χ1) is 11.7. The number of amides is 1. The highest BCUT2D eigenvalue weighted by molar-refractivity contribution is 5.94. The molecule has 1 atom stereocenters. The quantitative estimate of drug-likeness (QED) is 0.856. The second-order valence-electron chi connectivity index (χ2n) is 6.43. The number of carbonyl (C=O) groups excluding carboxylic acids is 1. The molecule has 126 valence electrons. The van der Waals surface area contributed by atoms with Crippen molar-refractivity contribution >= 4 is 5.91 Å². The van der Waals surface area contributed by atoms with Gasteiger partial charge in [0.2, 0.25) is 5.88 Å². The summed E-state index contributed by atoms with van der Waals surface area (Å²) in [5.74, 6) is 1.33. The molecule has 2 aromatic rings.